The van der Waals surface area contributed by atoms with Crippen LogP contribution in [-0.2, 0) is 0 Å². The number of fused-ring (bicyclic) bond motifs is 2. The number of carbonyl (C=O) groups is 4. The van der Waals surface area contributed by atoms with Gasteiger partial charge in [0.25, 0.3) is 0 Å². The van der Waals surface area contributed by atoms with Crippen molar-refractivity contribution in [3.05, 3.63) is 107 Å². The fourth-order valence-electron chi connectivity index (χ4n) is 4.47. The van der Waals surface area contributed by atoms with Crippen LogP contribution in [0.15, 0.2) is 84.9 Å². The highest BCUT2D eigenvalue weighted by atomic mass is 16.4. The summed E-state index contributed by atoms with van der Waals surface area (Å²) in [4.78, 5) is 50.6. The molecule has 0 unspecified atom stereocenters. The van der Waals surface area contributed by atoms with Crippen LogP contribution in [0.2, 0.25) is 0 Å². The molecule has 1 aliphatic rings. The molecule has 1 aliphatic heterocycles. The number of rotatable bonds is 6. The van der Waals surface area contributed by atoms with Gasteiger partial charge in [0, 0.05) is 30.0 Å². The van der Waals surface area contributed by atoms with E-state index in [0.717, 1.165) is 12.1 Å². The third-order valence-corrected chi connectivity index (χ3v) is 6.07. The normalized spacial score (nSPS) is 12.4. The van der Waals surface area contributed by atoms with Crippen molar-refractivity contribution in [1.29, 1.82) is 0 Å². The van der Waals surface area contributed by atoms with E-state index in [0.29, 0.717) is 22.7 Å². The summed E-state index contributed by atoms with van der Waals surface area (Å²) in [5, 5.41) is 38.5. The maximum Gasteiger partial charge on any atom is 0.335 e. The van der Waals surface area contributed by atoms with Crippen molar-refractivity contribution in [2.75, 3.05) is 4.90 Å². The first-order chi connectivity index (χ1) is 18.2. The average molecular weight is 510 g/mol. The van der Waals surface area contributed by atoms with Crippen molar-refractivity contribution in [2.45, 2.75) is 0 Å². The van der Waals surface area contributed by atoms with Gasteiger partial charge in [-0.15, -0.1) is 0 Å². The molecule has 1 heterocycles. The molecule has 4 aromatic carbocycles. The Balaban J connectivity index is 1.80. The van der Waals surface area contributed by atoms with Crippen molar-refractivity contribution in [3.8, 4) is 0 Å². The molecule has 4 aromatic rings. The predicted molar refractivity (Wildman–Crippen MR) is 137 cm³/mol. The molecule has 187 valence electrons. The molecule has 0 saturated carbocycles. The maximum atomic E-state index is 11.8. The van der Waals surface area contributed by atoms with Gasteiger partial charge in [0.05, 0.1) is 22.3 Å². The number of carboxylic acids is 4. The minimum Gasteiger partial charge on any atom is -0.478 e. The molecule has 1 radical (unpaired) electrons. The second kappa shape index (κ2) is 9.19. The van der Waals surface area contributed by atoms with Gasteiger partial charge < -0.3 is 20.4 Å². The Morgan fingerprint density at radius 2 is 0.895 bits per heavy atom. The summed E-state index contributed by atoms with van der Waals surface area (Å²) >= 11 is 0. The minimum atomic E-state index is -1.29. The zero-order chi connectivity index (χ0) is 27.1. The van der Waals surface area contributed by atoms with E-state index in [1.54, 1.807) is 58.3 Å². The Morgan fingerprint density at radius 3 is 1.29 bits per heavy atom. The first-order valence-electron chi connectivity index (χ1n) is 11.2. The number of aromatic carboxylic acids is 4. The van der Waals surface area contributed by atoms with Gasteiger partial charge in [0.15, 0.2) is 5.69 Å². The molecule has 0 spiro atoms. The number of para-hydroxylation sites is 4. The first kappa shape index (κ1) is 24.2. The van der Waals surface area contributed by atoms with Crippen LogP contribution in [0, 0.1) is 0 Å². The molecule has 0 amide bonds. The van der Waals surface area contributed by atoms with Gasteiger partial charge >= 0.3 is 23.9 Å². The quantitative estimate of drug-likeness (QED) is 0.210. The van der Waals surface area contributed by atoms with Gasteiger partial charge in [-0.3, -0.25) is 4.90 Å². The van der Waals surface area contributed by atoms with Gasteiger partial charge in [0.1, 0.15) is 11.4 Å². The molecule has 38 heavy (non-hydrogen) atoms. The molecular formula is C28H18N2O8+. The van der Waals surface area contributed by atoms with E-state index in [1.165, 1.54) is 24.3 Å². The molecule has 10 heteroatoms. The smallest absolute Gasteiger partial charge is 0.335 e. The Hall–Kier alpha value is -5.48. The van der Waals surface area contributed by atoms with Gasteiger partial charge in [-0.1, -0.05) is 29.2 Å². The molecule has 0 aromatic heterocycles. The van der Waals surface area contributed by atoms with Crippen molar-refractivity contribution in [2.24, 2.45) is 0 Å². The summed E-state index contributed by atoms with van der Waals surface area (Å²) in [7, 11) is 0. The summed E-state index contributed by atoms with van der Waals surface area (Å²) in [5.74, 6) is -5.16. The van der Waals surface area contributed by atoms with E-state index in [-0.39, 0.29) is 33.6 Å². The van der Waals surface area contributed by atoms with Crippen LogP contribution in [0.5, 0.6) is 0 Å². The fraction of sp³-hybridized carbons (Fsp3) is 0. The Labute approximate surface area is 214 Å². The highest BCUT2D eigenvalue weighted by Gasteiger charge is 2.40. The zero-order valence-electron chi connectivity index (χ0n) is 19.4. The van der Waals surface area contributed by atoms with E-state index in [9.17, 15) is 39.6 Å². The lowest BCUT2D eigenvalue weighted by molar-refractivity contribution is 0.0676. The van der Waals surface area contributed by atoms with Crippen LogP contribution in [0.1, 0.15) is 41.4 Å². The van der Waals surface area contributed by atoms with E-state index in [4.69, 9.17) is 0 Å². The van der Waals surface area contributed by atoms with Crippen LogP contribution in [0.4, 0.5) is 34.1 Å². The van der Waals surface area contributed by atoms with Crippen molar-refractivity contribution in [3.63, 3.8) is 0 Å². The molecule has 5 rings (SSSR count). The maximum absolute atomic E-state index is 11.8. The topological polar surface area (TPSA) is 158 Å². The number of anilines is 6. The highest BCUT2D eigenvalue weighted by molar-refractivity contribution is 6.02. The lowest BCUT2D eigenvalue weighted by Crippen LogP contribution is -2.25. The summed E-state index contributed by atoms with van der Waals surface area (Å²) in [5.41, 5.74) is 1.85. The summed E-state index contributed by atoms with van der Waals surface area (Å²) in [6, 6.07) is 21.6. The predicted octanol–water partition coefficient (Wildman–Crippen LogP) is 5.70. The van der Waals surface area contributed by atoms with Crippen LogP contribution in [-0.4, -0.2) is 44.3 Å². The molecular weight excluding hydrogens is 492 g/mol. The largest absolute Gasteiger partial charge is 0.478 e. The van der Waals surface area contributed by atoms with E-state index in [1.807, 2.05) is 0 Å². The van der Waals surface area contributed by atoms with Crippen molar-refractivity contribution >= 4 is 58.0 Å². The molecule has 0 atom stereocenters. The van der Waals surface area contributed by atoms with Crippen LogP contribution >= 0.6 is 0 Å². The third kappa shape index (κ3) is 4.10. The van der Waals surface area contributed by atoms with Gasteiger partial charge in [-0.2, -0.15) is 0 Å². The summed E-state index contributed by atoms with van der Waals surface area (Å²) in [6.07, 6.45) is 0. The molecule has 10 nitrogen and oxygen atoms in total. The van der Waals surface area contributed by atoms with Gasteiger partial charge in [-0.05, 0) is 36.4 Å². The number of carboxylic acid groups (broad SMARTS) is 4. The SMILES string of the molecule is O=C(O)c1cc(C(=O)O)cc(N2c3ccccc3[N+](c3cc(C(=O)O)cc(C(=O)O)c3)c3ccccc32)c1. The van der Waals surface area contributed by atoms with Crippen molar-refractivity contribution < 1.29 is 39.6 Å². The summed E-state index contributed by atoms with van der Waals surface area (Å²) < 4.78 is 0. The van der Waals surface area contributed by atoms with Crippen LogP contribution in [0.3, 0.4) is 0 Å². The lowest BCUT2D eigenvalue weighted by atomic mass is 10.0. The molecule has 0 saturated heterocycles. The third-order valence-electron chi connectivity index (χ3n) is 6.07. The molecule has 0 fully saturated rings. The van der Waals surface area contributed by atoms with E-state index < -0.39 is 23.9 Å². The number of benzene rings is 4. The Kier molecular flexibility index (Phi) is 5.86. The standard InChI is InChI=1S/C28H18N2O8/c31-25(32)15-9-16(26(33)34)12-19(11-15)29-21-5-1-2-6-22(21)30(24-8-4-3-7-23(24)29)20-13-17(27(35)36)10-18(14-20)28(37)38/h1-14H,(H,31,32)(H,33,34)(H,35,36)(H,37,38)/q+1. The molecule has 4 N–H and O–H groups in total. The molecule has 0 bridgehead atoms. The average Bonchev–Trinajstić information content (AvgIpc) is 2.90. The number of hydrogen-bond acceptors (Lipinski definition) is 6. The van der Waals surface area contributed by atoms with E-state index in [2.05, 4.69) is 0 Å². The Bertz CT molecular complexity index is 1430. The number of nitrogens with zero attached hydrogens (tertiary/aromatic N) is 2. The molecule has 0 aliphatic carbocycles. The van der Waals surface area contributed by atoms with Crippen molar-refractivity contribution in [1.82, 2.24) is 4.90 Å². The first-order valence-corrected chi connectivity index (χ1v) is 11.2. The lowest BCUT2D eigenvalue weighted by Gasteiger charge is -2.32. The van der Waals surface area contributed by atoms with Crippen LogP contribution < -0.4 is 9.80 Å². The number of hydrogen-bond donors (Lipinski definition) is 4. The second-order valence-corrected chi connectivity index (χ2v) is 8.41. The monoisotopic (exact) mass is 510 g/mol. The van der Waals surface area contributed by atoms with E-state index >= 15 is 0 Å². The fourth-order valence-corrected chi connectivity index (χ4v) is 4.47. The van der Waals surface area contributed by atoms with Crippen LogP contribution in [0.25, 0.3) is 0 Å². The second-order valence-electron chi connectivity index (χ2n) is 8.41. The highest BCUT2D eigenvalue weighted by Crippen LogP contribution is 2.53. The zero-order valence-corrected chi connectivity index (χ0v) is 19.4. The minimum absolute atomic E-state index is 0.211. The van der Waals surface area contributed by atoms with Gasteiger partial charge in [-0.25, -0.2) is 19.2 Å². The van der Waals surface area contributed by atoms with Gasteiger partial charge in [0.2, 0.25) is 11.4 Å². The Morgan fingerprint density at radius 1 is 0.526 bits per heavy atom. The summed E-state index contributed by atoms with van der Waals surface area (Å²) in [6.45, 7) is 0.